The molecule has 0 spiro atoms. The van der Waals surface area contributed by atoms with Gasteiger partial charge in [-0.2, -0.15) is 13.2 Å². The molecule has 1 aliphatic carbocycles. The SMILES string of the molecule is COCC1CSc2c(C3=CCC(F)(F)CC3)c(C(F)(F)F)cc3cnc(=O)n1c23. The fourth-order valence-corrected chi connectivity index (χ4v) is 5.25. The summed E-state index contributed by atoms with van der Waals surface area (Å²) in [7, 11) is 1.48. The molecule has 0 N–H and O–H groups in total. The molecule has 29 heavy (non-hydrogen) atoms. The van der Waals surface area contributed by atoms with E-state index >= 15 is 0 Å². The van der Waals surface area contributed by atoms with Gasteiger partial charge in [0, 0.05) is 47.7 Å². The smallest absolute Gasteiger partial charge is 0.383 e. The number of alkyl halides is 5. The average Bonchev–Trinajstić information content (AvgIpc) is 2.65. The van der Waals surface area contributed by atoms with Crippen LogP contribution in [0.3, 0.4) is 0 Å². The van der Waals surface area contributed by atoms with Crippen LogP contribution in [-0.4, -0.2) is 34.9 Å². The molecule has 0 radical (unpaired) electrons. The highest BCUT2D eigenvalue weighted by molar-refractivity contribution is 7.99. The number of ether oxygens (including phenoxy) is 1. The maximum atomic E-state index is 13.9. The van der Waals surface area contributed by atoms with Crippen molar-refractivity contribution in [3.8, 4) is 0 Å². The first kappa shape index (κ1) is 20.3. The van der Waals surface area contributed by atoms with Gasteiger partial charge in [0.2, 0.25) is 0 Å². The van der Waals surface area contributed by atoms with E-state index in [-0.39, 0.29) is 40.5 Å². The lowest BCUT2D eigenvalue weighted by atomic mass is 9.88. The zero-order valence-electron chi connectivity index (χ0n) is 15.4. The first-order valence-corrected chi connectivity index (χ1v) is 9.95. The van der Waals surface area contributed by atoms with Crippen molar-refractivity contribution in [2.75, 3.05) is 19.5 Å². The molecule has 0 saturated heterocycles. The lowest BCUT2D eigenvalue weighted by molar-refractivity contribution is -0.137. The third-order valence-electron chi connectivity index (χ3n) is 5.22. The number of methoxy groups -OCH3 is 1. The van der Waals surface area contributed by atoms with E-state index < -0.39 is 36.2 Å². The average molecular weight is 432 g/mol. The van der Waals surface area contributed by atoms with Crippen LogP contribution < -0.4 is 5.69 Å². The Hall–Kier alpha value is -1.94. The third kappa shape index (κ3) is 3.56. The Bertz CT molecular complexity index is 1060. The molecule has 1 atom stereocenters. The Labute approximate surface area is 166 Å². The number of halogens is 5. The monoisotopic (exact) mass is 432 g/mol. The summed E-state index contributed by atoms with van der Waals surface area (Å²) in [4.78, 5) is 16.5. The van der Waals surface area contributed by atoms with Crippen molar-refractivity contribution >= 4 is 28.2 Å². The lowest BCUT2D eigenvalue weighted by Crippen LogP contribution is -2.33. The second-order valence-electron chi connectivity index (χ2n) is 7.18. The summed E-state index contributed by atoms with van der Waals surface area (Å²) < 4.78 is 75.4. The number of thioether (sulfide) groups is 1. The van der Waals surface area contributed by atoms with Gasteiger partial charge < -0.3 is 4.74 Å². The van der Waals surface area contributed by atoms with Gasteiger partial charge in [-0.1, -0.05) is 6.08 Å². The van der Waals surface area contributed by atoms with Crippen molar-refractivity contribution in [1.29, 1.82) is 0 Å². The van der Waals surface area contributed by atoms with Gasteiger partial charge in [0.1, 0.15) is 0 Å². The molecule has 0 fully saturated rings. The first-order chi connectivity index (χ1) is 13.6. The summed E-state index contributed by atoms with van der Waals surface area (Å²) in [5.74, 6) is -2.60. The van der Waals surface area contributed by atoms with Crippen LogP contribution in [0.4, 0.5) is 22.0 Å². The zero-order valence-corrected chi connectivity index (χ0v) is 16.2. The Morgan fingerprint density at radius 2 is 2.14 bits per heavy atom. The van der Waals surface area contributed by atoms with E-state index in [0.717, 1.165) is 12.3 Å². The Kier molecular flexibility index (Phi) is 4.97. The minimum Gasteiger partial charge on any atom is -0.383 e. The van der Waals surface area contributed by atoms with Crippen LogP contribution >= 0.6 is 11.8 Å². The molecule has 1 unspecified atom stereocenters. The van der Waals surface area contributed by atoms with E-state index in [2.05, 4.69) is 4.98 Å². The van der Waals surface area contributed by atoms with Gasteiger partial charge in [-0.3, -0.25) is 4.57 Å². The fraction of sp³-hybridized carbons (Fsp3) is 0.474. The van der Waals surface area contributed by atoms with Crippen LogP contribution in [0.2, 0.25) is 0 Å². The first-order valence-electron chi connectivity index (χ1n) is 8.97. The van der Waals surface area contributed by atoms with Gasteiger partial charge in [-0.05, 0) is 18.1 Å². The van der Waals surface area contributed by atoms with Crippen molar-refractivity contribution in [1.82, 2.24) is 9.55 Å². The Balaban J connectivity index is 2.04. The van der Waals surface area contributed by atoms with E-state index in [0.29, 0.717) is 11.3 Å². The molecule has 1 aromatic heterocycles. The van der Waals surface area contributed by atoms with Crippen LogP contribution in [-0.2, 0) is 10.9 Å². The zero-order chi connectivity index (χ0) is 21.0. The van der Waals surface area contributed by atoms with E-state index in [9.17, 15) is 26.7 Å². The maximum Gasteiger partial charge on any atom is 0.417 e. The molecule has 10 heteroatoms. The van der Waals surface area contributed by atoms with Gasteiger partial charge in [0.15, 0.2) is 0 Å². The number of benzene rings is 1. The van der Waals surface area contributed by atoms with E-state index in [1.807, 2.05) is 0 Å². The minimum atomic E-state index is -4.67. The largest absolute Gasteiger partial charge is 0.417 e. The summed E-state index contributed by atoms with van der Waals surface area (Å²) in [5.41, 5.74) is -0.962. The topological polar surface area (TPSA) is 44.1 Å². The lowest BCUT2D eigenvalue weighted by Gasteiger charge is -2.31. The molecular formula is C19H17F5N2O2S. The predicted octanol–water partition coefficient (Wildman–Crippen LogP) is 4.91. The number of hydrogen-bond donors (Lipinski definition) is 0. The second-order valence-corrected chi connectivity index (χ2v) is 8.21. The Morgan fingerprint density at radius 3 is 2.76 bits per heavy atom. The molecule has 2 aliphatic rings. The van der Waals surface area contributed by atoms with Gasteiger partial charge in [-0.25, -0.2) is 18.6 Å². The summed E-state index contributed by atoms with van der Waals surface area (Å²) in [5, 5.41) is 0.186. The predicted molar refractivity (Wildman–Crippen MR) is 99.4 cm³/mol. The van der Waals surface area contributed by atoms with Crippen LogP contribution in [0.15, 0.2) is 28.0 Å². The highest BCUT2D eigenvalue weighted by Crippen LogP contribution is 2.49. The molecule has 0 bridgehead atoms. The van der Waals surface area contributed by atoms with Gasteiger partial charge in [0.05, 0.1) is 23.7 Å². The van der Waals surface area contributed by atoms with Crippen molar-refractivity contribution in [3.05, 3.63) is 40.0 Å². The van der Waals surface area contributed by atoms with Crippen molar-refractivity contribution in [2.45, 2.75) is 42.3 Å². The maximum absolute atomic E-state index is 13.9. The summed E-state index contributed by atoms with van der Waals surface area (Å²) in [6.07, 6.45) is -3.61. The van der Waals surface area contributed by atoms with Gasteiger partial charge in [-0.15, -0.1) is 11.8 Å². The highest BCUT2D eigenvalue weighted by Gasteiger charge is 2.40. The highest BCUT2D eigenvalue weighted by atomic mass is 32.2. The molecule has 4 rings (SSSR count). The number of allylic oxidation sites excluding steroid dienone is 2. The Morgan fingerprint density at radius 1 is 1.38 bits per heavy atom. The third-order valence-corrected chi connectivity index (χ3v) is 6.46. The molecule has 1 aliphatic heterocycles. The van der Waals surface area contributed by atoms with Crippen LogP contribution in [0.25, 0.3) is 16.5 Å². The molecule has 0 amide bonds. The second kappa shape index (κ2) is 7.09. The molecule has 0 saturated carbocycles. The van der Waals surface area contributed by atoms with Crippen molar-refractivity contribution < 1.29 is 26.7 Å². The molecule has 2 heterocycles. The van der Waals surface area contributed by atoms with Crippen molar-refractivity contribution in [2.24, 2.45) is 0 Å². The summed E-state index contributed by atoms with van der Waals surface area (Å²) in [6.45, 7) is 0.207. The number of rotatable bonds is 3. The number of nitrogens with zero attached hydrogens (tertiary/aromatic N) is 2. The number of hydrogen-bond acceptors (Lipinski definition) is 4. The summed E-state index contributed by atoms with van der Waals surface area (Å²) >= 11 is 1.19. The molecule has 1 aromatic carbocycles. The van der Waals surface area contributed by atoms with Gasteiger partial charge >= 0.3 is 11.9 Å². The van der Waals surface area contributed by atoms with Crippen LogP contribution in [0, 0.1) is 0 Å². The summed E-state index contributed by atoms with van der Waals surface area (Å²) in [6, 6.07) is 0.580. The number of aromatic nitrogens is 2. The molecular weight excluding hydrogens is 415 g/mol. The van der Waals surface area contributed by atoms with E-state index in [1.54, 1.807) is 0 Å². The van der Waals surface area contributed by atoms with E-state index in [4.69, 9.17) is 4.74 Å². The normalized spacial score (nSPS) is 21.3. The van der Waals surface area contributed by atoms with Crippen LogP contribution in [0.1, 0.15) is 36.4 Å². The fourth-order valence-electron chi connectivity index (χ4n) is 3.91. The van der Waals surface area contributed by atoms with Crippen LogP contribution in [0.5, 0.6) is 0 Å². The quantitative estimate of drug-likeness (QED) is 0.647. The van der Waals surface area contributed by atoms with Crippen molar-refractivity contribution in [3.63, 3.8) is 0 Å². The van der Waals surface area contributed by atoms with E-state index in [1.165, 1.54) is 29.5 Å². The minimum absolute atomic E-state index is 0.0966. The standard InChI is InChI=1S/C19H17F5N2O2S/c1-28-8-12-9-29-16-14(10-2-4-18(20,21)5-3-10)13(19(22,23)24)6-11-7-25-17(27)26(12)15(11)16/h2,6-7,12H,3-5,8-9H2,1H3. The molecule has 4 nitrogen and oxygen atoms in total. The molecule has 2 aromatic rings. The molecule has 156 valence electrons. The van der Waals surface area contributed by atoms with Gasteiger partial charge in [0.25, 0.3) is 5.92 Å².